The fourth-order valence-electron chi connectivity index (χ4n) is 5.12. The lowest BCUT2D eigenvalue weighted by atomic mass is 10.1. The number of nitrogens with one attached hydrogen (secondary N) is 2. The number of carbonyl (C=O) groups excluding carboxylic acids is 2. The maximum atomic E-state index is 12.8. The van der Waals surface area contributed by atoms with Gasteiger partial charge >= 0.3 is 6.09 Å². The second-order valence-corrected chi connectivity index (χ2v) is 11.3. The summed E-state index contributed by atoms with van der Waals surface area (Å²) in [5.41, 5.74) is 3.76. The Kier molecular flexibility index (Phi) is 6.12. The Morgan fingerprint density at radius 1 is 1.22 bits per heavy atom. The Morgan fingerprint density at radius 2 is 1.94 bits per heavy atom. The summed E-state index contributed by atoms with van der Waals surface area (Å²) in [7, 11) is 0. The van der Waals surface area contributed by atoms with E-state index in [0.29, 0.717) is 30.4 Å². The van der Waals surface area contributed by atoms with Gasteiger partial charge in [-0.2, -0.15) is 0 Å². The normalized spacial score (nSPS) is 20.1. The molecule has 1 aliphatic heterocycles. The standard InChI is InChI=1S/C25H26ClN5O4S/c1-12-9-16(26)30-20(19(12)28-6-4-7-29-24(34)35)14-5-8-27-15-10-13(36-21(14)15)11-31-22(32)17-18(23(31)33)25(17,2)3/h5,8-10,17-18,28-29H,4,6-7,11H2,1-3H3,(H,34,35). The number of halogens is 1. The molecule has 2 unspecified atom stereocenters. The highest BCUT2D eigenvalue weighted by atomic mass is 35.5. The quantitative estimate of drug-likeness (QED) is 0.223. The molecule has 188 valence electrons. The third-order valence-electron chi connectivity index (χ3n) is 7.04. The van der Waals surface area contributed by atoms with Crippen LogP contribution >= 0.6 is 22.9 Å². The summed E-state index contributed by atoms with van der Waals surface area (Å²) < 4.78 is 0.891. The summed E-state index contributed by atoms with van der Waals surface area (Å²) in [4.78, 5) is 47.7. The number of carboxylic acid groups (broad SMARTS) is 1. The number of aryl methyl sites for hydroxylation is 1. The second kappa shape index (κ2) is 9.01. The van der Waals surface area contributed by atoms with Gasteiger partial charge in [0, 0.05) is 29.7 Å². The molecule has 2 atom stereocenters. The lowest BCUT2D eigenvalue weighted by molar-refractivity contribution is -0.143. The molecule has 3 amide bonds. The number of imide groups is 1. The van der Waals surface area contributed by atoms with Crippen LogP contribution < -0.4 is 10.6 Å². The lowest BCUT2D eigenvalue weighted by Gasteiger charge is -2.19. The molecule has 0 bridgehead atoms. The van der Waals surface area contributed by atoms with E-state index < -0.39 is 6.09 Å². The van der Waals surface area contributed by atoms with Gasteiger partial charge in [-0.05, 0) is 42.5 Å². The number of aromatic nitrogens is 2. The van der Waals surface area contributed by atoms with Gasteiger partial charge in [0.1, 0.15) is 5.15 Å². The summed E-state index contributed by atoms with van der Waals surface area (Å²) in [6, 6.07) is 5.57. The molecular weight excluding hydrogens is 502 g/mol. The van der Waals surface area contributed by atoms with Crippen LogP contribution in [-0.4, -0.2) is 51.0 Å². The lowest BCUT2D eigenvalue weighted by Crippen LogP contribution is -2.35. The van der Waals surface area contributed by atoms with E-state index in [1.165, 1.54) is 16.2 Å². The second-order valence-electron chi connectivity index (χ2n) is 9.82. The van der Waals surface area contributed by atoms with Crippen LogP contribution in [0.4, 0.5) is 10.5 Å². The van der Waals surface area contributed by atoms with E-state index in [1.54, 1.807) is 12.3 Å². The summed E-state index contributed by atoms with van der Waals surface area (Å²) >= 11 is 7.81. The van der Waals surface area contributed by atoms with Gasteiger partial charge in [-0.1, -0.05) is 25.4 Å². The van der Waals surface area contributed by atoms with Crippen molar-refractivity contribution in [1.29, 1.82) is 0 Å². The minimum absolute atomic E-state index is 0.0864. The number of fused-ring (bicyclic) bond motifs is 2. The van der Waals surface area contributed by atoms with Crippen molar-refractivity contribution in [2.45, 2.75) is 33.7 Å². The minimum atomic E-state index is -1.05. The number of amides is 3. The van der Waals surface area contributed by atoms with Crippen LogP contribution in [0.5, 0.6) is 0 Å². The third-order valence-corrected chi connectivity index (χ3v) is 8.38. The average Bonchev–Trinajstić information content (AvgIpc) is 3.06. The molecule has 0 radical (unpaired) electrons. The number of rotatable bonds is 8. The number of pyridine rings is 2. The average molecular weight is 528 g/mol. The van der Waals surface area contributed by atoms with Crippen molar-refractivity contribution in [2.24, 2.45) is 17.3 Å². The largest absolute Gasteiger partial charge is 0.465 e. The molecule has 2 aliphatic rings. The maximum Gasteiger partial charge on any atom is 0.404 e. The molecule has 11 heteroatoms. The van der Waals surface area contributed by atoms with Crippen LogP contribution in [0.2, 0.25) is 5.15 Å². The summed E-state index contributed by atoms with van der Waals surface area (Å²) in [5, 5.41) is 14.8. The van der Waals surface area contributed by atoms with Crippen LogP contribution in [0.15, 0.2) is 24.4 Å². The summed E-state index contributed by atoms with van der Waals surface area (Å²) in [6.07, 6.45) is 1.25. The van der Waals surface area contributed by atoms with Crippen molar-refractivity contribution in [2.75, 3.05) is 18.4 Å². The summed E-state index contributed by atoms with van der Waals surface area (Å²) in [5.74, 6) is -0.578. The van der Waals surface area contributed by atoms with E-state index in [9.17, 15) is 14.4 Å². The van der Waals surface area contributed by atoms with Crippen molar-refractivity contribution in [1.82, 2.24) is 20.2 Å². The molecule has 9 nitrogen and oxygen atoms in total. The van der Waals surface area contributed by atoms with Gasteiger partial charge in [-0.25, -0.2) is 9.78 Å². The maximum absolute atomic E-state index is 12.8. The zero-order valence-corrected chi connectivity index (χ0v) is 21.7. The third kappa shape index (κ3) is 4.18. The molecule has 3 aromatic heterocycles. The molecule has 5 rings (SSSR count). The van der Waals surface area contributed by atoms with Crippen LogP contribution in [0.1, 0.15) is 30.7 Å². The topological polar surface area (TPSA) is 125 Å². The number of piperidine rings is 1. The fraction of sp³-hybridized carbons (Fsp3) is 0.400. The predicted octanol–water partition coefficient (Wildman–Crippen LogP) is 4.53. The minimum Gasteiger partial charge on any atom is -0.465 e. The SMILES string of the molecule is Cc1cc(Cl)nc(-c2ccnc3cc(CN4C(=O)C5C(C4=O)C5(C)C)sc23)c1NCCCNC(=O)O. The first-order chi connectivity index (χ1) is 17.1. The molecule has 4 heterocycles. The van der Waals surface area contributed by atoms with Gasteiger partial charge in [-0.3, -0.25) is 19.5 Å². The van der Waals surface area contributed by atoms with E-state index in [1.807, 2.05) is 32.9 Å². The number of likely N-dealkylation sites (tertiary alicyclic amines) is 1. The molecular formula is C25H26ClN5O4S. The van der Waals surface area contributed by atoms with Gasteiger partial charge in [-0.15, -0.1) is 11.3 Å². The van der Waals surface area contributed by atoms with E-state index in [0.717, 1.165) is 31.9 Å². The number of thiophene rings is 1. The Morgan fingerprint density at radius 3 is 2.64 bits per heavy atom. The predicted molar refractivity (Wildman–Crippen MR) is 138 cm³/mol. The molecule has 2 fully saturated rings. The van der Waals surface area contributed by atoms with Crippen LogP contribution in [0.3, 0.4) is 0 Å². The number of hydrogen-bond acceptors (Lipinski definition) is 7. The number of nitrogens with zero attached hydrogens (tertiary/aromatic N) is 3. The zero-order chi connectivity index (χ0) is 25.8. The molecule has 1 saturated heterocycles. The number of anilines is 1. The van der Waals surface area contributed by atoms with E-state index in [2.05, 4.69) is 20.6 Å². The highest BCUT2D eigenvalue weighted by molar-refractivity contribution is 7.19. The first-order valence-electron chi connectivity index (χ1n) is 11.7. The molecule has 1 aliphatic carbocycles. The van der Waals surface area contributed by atoms with Crippen LogP contribution in [0.25, 0.3) is 21.5 Å². The molecule has 0 aromatic carbocycles. The Balaban J connectivity index is 1.42. The van der Waals surface area contributed by atoms with E-state index in [-0.39, 0.29) is 35.6 Å². The summed E-state index contributed by atoms with van der Waals surface area (Å²) in [6.45, 7) is 6.99. The molecule has 1 saturated carbocycles. The van der Waals surface area contributed by atoms with Gasteiger partial charge < -0.3 is 15.7 Å². The molecule has 3 aromatic rings. The number of hydrogen-bond donors (Lipinski definition) is 3. The highest BCUT2D eigenvalue weighted by Crippen LogP contribution is 2.63. The van der Waals surface area contributed by atoms with Crippen molar-refractivity contribution in [3.8, 4) is 11.3 Å². The van der Waals surface area contributed by atoms with Crippen molar-refractivity contribution >= 4 is 56.7 Å². The van der Waals surface area contributed by atoms with Gasteiger partial charge in [0.15, 0.2) is 0 Å². The van der Waals surface area contributed by atoms with E-state index >= 15 is 0 Å². The van der Waals surface area contributed by atoms with Crippen LogP contribution in [0, 0.1) is 24.2 Å². The molecule has 36 heavy (non-hydrogen) atoms. The highest BCUT2D eigenvalue weighted by Gasteiger charge is 2.72. The van der Waals surface area contributed by atoms with Crippen LogP contribution in [-0.2, 0) is 16.1 Å². The first-order valence-corrected chi connectivity index (χ1v) is 12.9. The van der Waals surface area contributed by atoms with Crippen molar-refractivity contribution in [3.05, 3.63) is 40.0 Å². The first kappa shape index (κ1) is 24.5. The Labute approximate surface area is 216 Å². The fourth-order valence-corrected chi connectivity index (χ4v) is 6.48. The Hall–Kier alpha value is -3.24. The van der Waals surface area contributed by atoms with E-state index in [4.69, 9.17) is 16.7 Å². The van der Waals surface area contributed by atoms with Gasteiger partial charge in [0.25, 0.3) is 0 Å². The van der Waals surface area contributed by atoms with Gasteiger partial charge in [0.05, 0.1) is 40.0 Å². The van der Waals surface area contributed by atoms with Gasteiger partial charge in [0.2, 0.25) is 11.8 Å². The molecule has 0 spiro atoms. The monoisotopic (exact) mass is 527 g/mol. The molecule has 3 N–H and O–H groups in total. The van der Waals surface area contributed by atoms with Crippen molar-refractivity contribution in [3.63, 3.8) is 0 Å². The number of carbonyl (C=O) groups is 3. The smallest absolute Gasteiger partial charge is 0.404 e. The zero-order valence-electron chi connectivity index (χ0n) is 20.1. The van der Waals surface area contributed by atoms with Crippen molar-refractivity contribution < 1.29 is 19.5 Å². The Bertz CT molecular complexity index is 1380.